The van der Waals surface area contributed by atoms with Gasteiger partial charge < -0.3 is 0 Å². The van der Waals surface area contributed by atoms with E-state index < -0.39 is 0 Å². The molecule has 0 aliphatic carbocycles. The van der Waals surface area contributed by atoms with Gasteiger partial charge in [-0.05, 0) is 89.6 Å². The van der Waals surface area contributed by atoms with Crippen LogP contribution in [-0.2, 0) is 0 Å². The van der Waals surface area contributed by atoms with E-state index in [0.29, 0.717) is 10.7 Å². The number of nitriles is 2. The molecule has 0 radical (unpaired) electrons. The van der Waals surface area contributed by atoms with Crippen molar-refractivity contribution in [2.75, 3.05) is 0 Å². The maximum atomic E-state index is 9.79. The first kappa shape index (κ1) is 25.8. The van der Waals surface area contributed by atoms with Gasteiger partial charge in [-0.1, -0.05) is 109 Å². The van der Waals surface area contributed by atoms with Gasteiger partial charge in [0.15, 0.2) is 0 Å². The Labute approximate surface area is 263 Å². The fraction of sp³-hybridized carbons (Fsp3) is 0. The van der Waals surface area contributed by atoms with E-state index in [9.17, 15) is 10.5 Å². The summed E-state index contributed by atoms with van der Waals surface area (Å²) in [6, 6.07) is 46.5. The lowest BCUT2D eigenvalue weighted by Gasteiger charge is -2.07. The topological polar surface area (TPSA) is 72.3 Å². The van der Waals surface area contributed by atoms with E-state index in [1.165, 1.54) is 21.5 Å². The van der Waals surface area contributed by atoms with Gasteiger partial charge in [-0.2, -0.15) is 20.5 Å². The van der Waals surface area contributed by atoms with Crippen molar-refractivity contribution in [3.05, 3.63) is 144 Å². The first-order valence-corrected chi connectivity index (χ1v) is 15.1. The summed E-state index contributed by atoms with van der Waals surface area (Å²) >= 11 is 0. The highest BCUT2D eigenvalue weighted by molar-refractivity contribution is 6.22. The SMILES string of the molecule is N#CN=c1c2cc(-c3cccc4ccccc34)ccc2c2cc3c(=NC#N)c4cc(-c5cccc6ccccc56)ccc4c3cc12. The Hall–Kier alpha value is -6.62. The Bertz CT molecular complexity index is 2730. The molecule has 9 rings (SSSR count). The highest BCUT2D eigenvalue weighted by Gasteiger charge is 2.17. The minimum atomic E-state index is 0.664. The fourth-order valence-corrected chi connectivity index (χ4v) is 7.31. The Morgan fingerprint density at radius 2 is 0.761 bits per heavy atom. The van der Waals surface area contributed by atoms with Crippen molar-refractivity contribution >= 4 is 64.6 Å². The van der Waals surface area contributed by atoms with E-state index in [-0.39, 0.29) is 0 Å². The quantitative estimate of drug-likeness (QED) is 0.190. The van der Waals surface area contributed by atoms with E-state index >= 15 is 0 Å². The van der Waals surface area contributed by atoms with Gasteiger partial charge in [0.2, 0.25) is 12.4 Å². The van der Waals surface area contributed by atoms with Gasteiger partial charge in [-0.15, -0.1) is 0 Å². The minimum Gasteiger partial charge on any atom is -0.172 e. The Morgan fingerprint density at radius 1 is 0.348 bits per heavy atom. The molecule has 0 N–H and O–H groups in total. The van der Waals surface area contributed by atoms with Gasteiger partial charge in [0.05, 0.1) is 10.7 Å². The molecule has 0 amide bonds. The molecule has 0 saturated heterocycles. The number of fused-ring (bicyclic) bond motifs is 8. The number of hydrogen-bond acceptors (Lipinski definition) is 4. The van der Waals surface area contributed by atoms with Crippen molar-refractivity contribution in [2.24, 2.45) is 9.98 Å². The summed E-state index contributed by atoms with van der Waals surface area (Å²) in [4.78, 5) is 8.73. The van der Waals surface area contributed by atoms with Crippen molar-refractivity contribution in [1.82, 2.24) is 0 Å². The van der Waals surface area contributed by atoms with Crippen molar-refractivity contribution in [1.29, 1.82) is 10.5 Å². The molecule has 46 heavy (non-hydrogen) atoms. The van der Waals surface area contributed by atoms with Crippen LogP contribution in [-0.4, -0.2) is 0 Å². The second kappa shape index (κ2) is 9.96. The van der Waals surface area contributed by atoms with Crippen LogP contribution in [0.1, 0.15) is 0 Å². The summed E-state index contributed by atoms with van der Waals surface area (Å²) in [6.45, 7) is 0. The molecule has 4 heteroatoms. The molecule has 0 unspecified atom stereocenters. The zero-order valence-corrected chi connectivity index (χ0v) is 24.5. The van der Waals surface area contributed by atoms with E-state index in [1.807, 2.05) is 0 Å². The van der Waals surface area contributed by atoms with E-state index in [2.05, 4.69) is 156 Å². The smallest absolute Gasteiger partial charge is 0.172 e. The average Bonchev–Trinajstić information content (AvgIpc) is 3.57. The molecule has 9 aromatic rings. The molecule has 0 aliphatic heterocycles. The second-order valence-electron chi connectivity index (χ2n) is 11.6. The zero-order chi connectivity index (χ0) is 30.8. The Balaban J connectivity index is 1.33. The standard InChI is InChI=1S/C42H22N4/c43-23-45-41-37-19-27(31-13-5-9-25-7-1-3-11-29(25)31)15-17-33(37)35-21-40-36(22-39(35)41)34-18-16-28(20-38(34)42(40)46-24-44)32-14-6-10-26-8-2-4-12-30(26)32/h1-22H. The van der Waals surface area contributed by atoms with Crippen LogP contribution in [0.5, 0.6) is 0 Å². The first-order valence-electron chi connectivity index (χ1n) is 15.1. The number of benzene rings is 7. The third kappa shape index (κ3) is 3.72. The summed E-state index contributed by atoms with van der Waals surface area (Å²) in [7, 11) is 0. The molecule has 0 heterocycles. The normalized spacial score (nSPS) is 12.6. The molecular weight excluding hydrogens is 560 g/mol. The minimum absolute atomic E-state index is 0.664. The van der Waals surface area contributed by atoms with Crippen LogP contribution in [0, 0.1) is 22.9 Å². The average molecular weight is 583 g/mol. The van der Waals surface area contributed by atoms with Crippen LogP contribution in [0.4, 0.5) is 0 Å². The van der Waals surface area contributed by atoms with Crippen molar-refractivity contribution in [3.63, 3.8) is 0 Å². The molecule has 0 aromatic heterocycles. The van der Waals surface area contributed by atoms with Crippen LogP contribution in [0.3, 0.4) is 0 Å². The molecule has 210 valence electrons. The largest absolute Gasteiger partial charge is 0.206 e. The molecule has 0 saturated carbocycles. The summed E-state index contributed by atoms with van der Waals surface area (Å²) in [5.41, 5.74) is 4.41. The lowest BCUT2D eigenvalue weighted by molar-refractivity contribution is 1.37. The highest BCUT2D eigenvalue weighted by Crippen LogP contribution is 2.37. The monoisotopic (exact) mass is 582 g/mol. The van der Waals surface area contributed by atoms with Crippen LogP contribution in [0.15, 0.2) is 143 Å². The third-order valence-electron chi connectivity index (χ3n) is 9.32. The maximum absolute atomic E-state index is 9.79. The zero-order valence-electron chi connectivity index (χ0n) is 24.5. The molecule has 0 atom stereocenters. The van der Waals surface area contributed by atoms with Gasteiger partial charge >= 0.3 is 0 Å². The predicted octanol–water partition coefficient (Wildman–Crippen LogP) is 9.58. The summed E-state index contributed by atoms with van der Waals surface area (Å²) in [5.74, 6) is 0. The van der Waals surface area contributed by atoms with Gasteiger partial charge in [0.1, 0.15) is 0 Å². The maximum Gasteiger partial charge on any atom is 0.206 e. The van der Waals surface area contributed by atoms with Gasteiger partial charge in [-0.25, -0.2) is 0 Å². The summed E-state index contributed by atoms with van der Waals surface area (Å²) in [5, 5.41) is 33.3. The Morgan fingerprint density at radius 3 is 1.22 bits per heavy atom. The van der Waals surface area contributed by atoms with Crippen molar-refractivity contribution in [3.8, 4) is 34.6 Å². The van der Waals surface area contributed by atoms with E-state index in [0.717, 1.165) is 65.3 Å². The van der Waals surface area contributed by atoms with Crippen LogP contribution < -0.4 is 10.7 Å². The van der Waals surface area contributed by atoms with Gasteiger partial charge in [-0.3, -0.25) is 0 Å². The molecule has 4 nitrogen and oxygen atoms in total. The Kier molecular flexibility index (Phi) is 5.59. The second-order valence-corrected chi connectivity index (χ2v) is 11.6. The lowest BCUT2D eigenvalue weighted by Crippen LogP contribution is -1.99. The number of rotatable bonds is 2. The van der Waals surface area contributed by atoms with Crippen LogP contribution in [0.2, 0.25) is 0 Å². The number of nitrogens with zero attached hydrogens (tertiary/aromatic N) is 4. The molecule has 0 aliphatic rings. The van der Waals surface area contributed by atoms with Gasteiger partial charge in [0, 0.05) is 21.5 Å². The molecule has 0 spiro atoms. The van der Waals surface area contributed by atoms with E-state index in [4.69, 9.17) is 0 Å². The fourth-order valence-electron chi connectivity index (χ4n) is 7.31. The molecule has 0 fully saturated rings. The summed E-state index contributed by atoms with van der Waals surface area (Å²) in [6.07, 6.45) is 4.12. The molecular formula is C42H22N4. The first-order chi connectivity index (χ1) is 22.7. The molecule has 9 aromatic carbocycles. The van der Waals surface area contributed by atoms with Gasteiger partial charge in [0.25, 0.3) is 0 Å². The van der Waals surface area contributed by atoms with Crippen LogP contribution in [0.25, 0.3) is 86.9 Å². The van der Waals surface area contributed by atoms with Crippen LogP contribution >= 0.6 is 0 Å². The van der Waals surface area contributed by atoms with Crippen molar-refractivity contribution < 1.29 is 0 Å². The molecule has 0 bridgehead atoms. The van der Waals surface area contributed by atoms with E-state index in [1.54, 1.807) is 0 Å². The number of hydrogen-bond donors (Lipinski definition) is 0. The predicted molar refractivity (Wildman–Crippen MR) is 187 cm³/mol. The third-order valence-corrected chi connectivity index (χ3v) is 9.32. The lowest BCUT2D eigenvalue weighted by atomic mass is 9.97. The van der Waals surface area contributed by atoms with Crippen molar-refractivity contribution in [2.45, 2.75) is 0 Å². The highest BCUT2D eigenvalue weighted by atomic mass is 14.7. The summed E-state index contributed by atoms with van der Waals surface area (Å²) < 4.78 is 0.